The van der Waals surface area contributed by atoms with Gasteiger partial charge in [-0.15, -0.1) is 0 Å². The van der Waals surface area contributed by atoms with Gasteiger partial charge in [-0.1, -0.05) is 60.7 Å². The van der Waals surface area contributed by atoms with E-state index < -0.39 is 46.9 Å². The van der Waals surface area contributed by atoms with Gasteiger partial charge in [-0.05, 0) is 52.7 Å². The van der Waals surface area contributed by atoms with Crippen LogP contribution in [0.15, 0.2) is 60.7 Å². The summed E-state index contributed by atoms with van der Waals surface area (Å²) in [5, 5.41) is 23.9. The average molecular weight is 489 g/mol. The average Bonchev–Trinajstić information content (AvgIpc) is 3.15. The molecule has 2 aromatic rings. The molecule has 0 saturated carbocycles. The fraction of sp³-hybridized carbons (Fsp3) is 0.429. The lowest BCUT2D eigenvalue weighted by molar-refractivity contribution is -0.164. The van der Waals surface area contributed by atoms with Crippen LogP contribution >= 0.6 is 0 Å². The first-order valence-corrected chi connectivity index (χ1v) is 11.7. The van der Waals surface area contributed by atoms with E-state index in [0.717, 1.165) is 0 Å². The molecule has 1 aliphatic heterocycles. The van der Waals surface area contributed by atoms with Crippen molar-refractivity contribution < 1.29 is 19.1 Å². The molecule has 1 N–H and O–H groups in total. The summed E-state index contributed by atoms with van der Waals surface area (Å²) in [6.45, 7) is 10.3. The topological polar surface area (TPSA) is 115 Å². The van der Waals surface area contributed by atoms with Crippen molar-refractivity contribution in [2.45, 2.75) is 76.5 Å². The molecule has 0 aliphatic carbocycles. The Hall–Kier alpha value is -3.72. The predicted molar refractivity (Wildman–Crippen MR) is 133 cm³/mol. The van der Waals surface area contributed by atoms with Gasteiger partial charge in [-0.3, -0.25) is 5.32 Å². The number of nitrogens with zero attached hydrogens (tertiary/aromatic N) is 3. The maximum atomic E-state index is 13.7. The fourth-order valence-electron chi connectivity index (χ4n) is 4.26. The van der Waals surface area contributed by atoms with Crippen molar-refractivity contribution in [1.82, 2.24) is 10.2 Å². The summed E-state index contributed by atoms with van der Waals surface area (Å²) in [4.78, 5) is 28.6. The highest BCUT2D eigenvalue weighted by molar-refractivity contribution is 5.88. The predicted octanol–water partition coefficient (Wildman–Crippen LogP) is 4.17. The Balaban J connectivity index is 2.28. The molecule has 0 bridgehead atoms. The summed E-state index contributed by atoms with van der Waals surface area (Å²) < 4.78 is 11.3. The molecule has 1 fully saturated rings. The number of rotatable bonds is 5. The summed E-state index contributed by atoms with van der Waals surface area (Å²) in [7, 11) is 0. The second-order valence-corrected chi connectivity index (χ2v) is 10.7. The number of carbonyl (C=O) groups excluding carboxylic acids is 2. The van der Waals surface area contributed by atoms with Gasteiger partial charge >= 0.3 is 11.9 Å². The highest BCUT2D eigenvalue weighted by Crippen LogP contribution is 2.47. The summed E-state index contributed by atoms with van der Waals surface area (Å²) in [6, 6.07) is 19.7. The normalized spacial score (nSPS) is 23.2. The summed E-state index contributed by atoms with van der Waals surface area (Å²) >= 11 is 0. The first-order valence-electron chi connectivity index (χ1n) is 11.7. The van der Waals surface area contributed by atoms with Crippen molar-refractivity contribution in [1.29, 1.82) is 10.5 Å². The van der Waals surface area contributed by atoms with E-state index in [1.54, 1.807) is 95.0 Å². The smallest absolute Gasteiger partial charge is 0.343 e. The van der Waals surface area contributed by atoms with Crippen LogP contribution in [-0.2, 0) is 19.1 Å². The van der Waals surface area contributed by atoms with Crippen molar-refractivity contribution in [2.24, 2.45) is 0 Å². The van der Waals surface area contributed by atoms with E-state index in [-0.39, 0.29) is 0 Å². The zero-order valence-corrected chi connectivity index (χ0v) is 21.5. The monoisotopic (exact) mass is 488 g/mol. The molecular formula is C28H32N4O4. The molecular weight excluding hydrogens is 456 g/mol. The SMILES string of the molecule is CC(C)(C)OC(=O)C(C#N)N1C(c2ccccc2)NC(C#N)(C(=O)OC(C)(C)C)C1c1ccccc1. The minimum atomic E-state index is -1.92. The van der Waals surface area contributed by atoms with Crippen LogP contribution in [0.1, 0.15) is 64.9 Å². The van der Waals surface area contributed by atoms with Gasteiger partial charge in [0, 0.05) is 0 Å². The zero-order valence-electron chi connectivity index (χ0n) is 21.5. The van der Waals surface area contributed by atoms with E-state index >= 15 is 0 Å². The molecule has 4 unspecified atom stereocenters. The minimum Gasteiger partial charge on any atom is -0.458 e. The Morgan fingerprint density at radius 2 is 1.39 bits per heavy atom. The third-order valence-electron chi connectivity index (χ3n) is 5.55. The van der Waals surface area contributed by atoms with Gasteiger partial charge in [0.2, 0.25) is 5.54 Å². The van der Waals surface area contributed by atoms with Crippen LogP contribution < -0.4 is 5.32 Å². The summed E-state index contributed by atoms with van der Waals surface area (Å²) in [5.74, 6) is -1.57. The number of benzene rings is 2. The molecule has 8 nitrogen and oxygen atoms in total. The van der Waals surface area contributed by atoms with Crippen molar-refractivity contribution in [2.75, 3.05) is 0 Å². The van der Waals surface area contributed by atoms with Crippen LogP contribution in [0, 0.1) is 22.7 Å². The lowest BCUT2D eigenvalue weighted by Crippen LogP contribution is -2.54. The Morgan fingerprint density at radius 3 is 1.83 bits per heavy atom. The van der Waals surface area contributed by atoms with Crippen LogP contribution in [0.3, 0.4) is 0 Å². The van der Waals surface area contributed by atoms with Crippen LogP contribution in [0.2, 0.25) is 0 Å². The molecule has 188 valence electrons. The molecule has 1 heterocycles. The van der Waals surface area contributed by atoms with Gasteiger partial charge in [0.1, 0.15) is 11.2 Å². The Kier molecular flexibility index (Phi) is 7.54. The highest BCUT2D eigenvalue weighted by Gasteiger charge is 2.62. The van der Waals surface area contributed by atoms with E-state index in [9.17, 15) is 20.1 Å². The molecule has 0 aromatic heterocycles. The van der Waals surface area contributed by atoms with E-state index in [0.29, 0.717) is 11.1 Å². The molecule has 0 spiro atoms. The molecule has 3 rings (SSSR count). The number of hydrogen-bond acceptors (Lipinski definition) is 8. The number of ether oxygens (including phenoxy) is 2. The number of hydrogen-bond donors (Lipinski definition) is 1. The van der Waals surface area contributed by atoms with Gasteiger partial charge in [-0.25, -0.2) is 14.5 Å². The van der Waals surface area contributed by atoms with Crippen LogP contribution in [0.4, 0.5) is 0 Å². The second kappa shape index (κ2) is 10.1. The van der Waals surface area contributed by atoms with E-state index in [2.05, 4.69) is 17.5 Å². The number of nitrogens with one attached hydrogen (secondary N) is 1. The molecule has 0 amide bonds. The van der Waals surface area contributed by atoms with Crippen molar-refractivity contribution in [3.63, 3.8) is 0 Å². The van der Waals surface area contributed by atoms with Crippen molar-refractivity contribution in [3.8, 4) is 12.1 Å². The Labute approximate surface area is 212 Å². The van der Waals surface area contributed by atoms with Gasteiger partial charge in [0.05, 0.1) is 24.3 Å². The standard InChI is InChI=1S/C28H32N4O4/c1-26(2,3)35-24(33)21(17-29)32-22(19-13-9-7-10-14-19)28(18-30,25(34)36-27(4,5)6)31-23(32)20-15-11-8-12-16-20/h7-16,21-23,31H,1-6H3. The minimum absolute atomic E-state index is 0.569. The fourth-order valence-corrected chi connectivity index (χ4v) is 4.26. The van der Waals surface area contributed by atoms with E-state index in [1.165, 1.54) is 0 Å². The largest absolute Gasteiger partial charge is 0.458 e. The number of carbonyl (C=O) groups is 2. The van der Waals surface area contributed by atoms with Crippen LogP contribution in [-0.4, -0.2) is 39.6 Å². The van der Waals surface area contributed by atoms with Gasteiger partial charge in [-0.2, -0.15) is 10.5 Å². The Morgan fingerprint density at radius 1 is 0.889 bits per heavy atom. The number of esters is 2. The molecule has 4 atom stereocenters. The maximum absolute atomic E-state index is 13.7. The lowest BCUT2D eigenvalue weighted by Gasteiger charge is -2.35. The lowest BCUT2D eigenvalue weighted by atomic mass is 9.86. The first kappa shape index (κ1) is 26.9. The molecule has 0 radical (unpaired) electrons. The van der Waals surface area contributed by atoms with Gasteiger partial charge < -0.3 is 9.47 Å². The van der Waals surface area contributed by atoms with Crippen LogP contribution in [0.25, 0.3) is 0 Å². The van der Waals surface area contributed by atoms with Crippen LogP contribution in [0.5, 0.6) is 0 Å². The third kappa shape index (κ3) is 5.57. The number of nitriles is 2. The quantitative estimate of drug-likeness (QED) is 0.624. The van der Waals surface area contributed by atoms with E-state index in [4.69, 9.17) is 9.47 Å². The van der Waals surface area contributed by atoms with Crippen molar-refractivity contribution in [3.05, 3.63) is 71.8 Å². The molecule has 1 saturated heterocycles. The molecule has 1 aliphatic rings. The van der Waals surface area contributed by atoms with Gasteiger partial charge in [0.15, 0.2) is 6.04 Å². The van der Waals surface area contributed by atoms with Crippen molar-refractivity contribution >= 4 is 11.9 Å². The Bertz CT molecular complexity index is 1170. The second-order valence-electron chi connectivity index (χ2n) is 10.7. The molecule has 36 heavy (non-hydrogen) atoms. The summed E-state index contributed by atoms with van der Waals surface area (Å²) in [6.07, 6.45) is -0.847. The molecule has 2 aromatic carbocycles. The highest BCUT2D eigenvalue weighted by atomic mass is 16.6. The van der Waals surface area contributed by atoms with E-state index in [1.807, 2.05) is 12.1 Å². The van der Waals surface area contributed by atoms with Gasteiger partial charge in [0.25, 0.3) is 0 Å². The molecule has 8 heteroatoms. The third-order valence-corrected chi connectivity index (χ3v) is 5.55. The zero-order chi connectivity index (χ0) is 26.7. The maximum Gasteiger partial charge on any atom is 0.343 e. The summed E-state index contributed by atoms with van der Waals surface area (Å²) in [5.41, 5.74) is -2.41. The first-order chi connectivity index (χ1) is 16.8.